The number of hydrogen-bond donors (Lipinski definition) is 2. The van der Waals surface area contributed by atoms with Crippen LogP contribution in [0.1, 0.15) is 121 Å². The number of hydrogen-bond acceptors (Lipinski definition) is 10. The molecule has 1 saturated heterocycles. The molecule has 11 nitrogen and oxygen atoms in total. The molecule has 1 aromatic carbocycles. The Kier molecular flexibility index (Phi) is 16.5. The number of benzene rings is 1. The Morgan fingerprint density at radius 1 is 1.04 bits per heavy atom. The lowest BCUT2D eigenvalue weighted by Gasteiger charge is -2.31. The number of alkyl halides is 3. The highest BCUT2D eigenvalue weighted by Gasteiger charge is 2.52. The maximum atomic E-state index is 13.6. The highest BCUT2D eigenvalue weighted by Crippen LogP contribution is 2.43. The Balaban J connectivity index is 1.83. The van der Waals surface area contributed by atoms with Crippen LogP contribution in [0.2, 0.25) is 0 Å². The van der Waals surface area contributed by atoms with Gasteiger partial charge in [0.25, 0.3) is 0 Å². The molecule has 1 heterocycles. The van der Waals surface area contributed by atoms with Gasteiger partial charge in [-0.15, -0.1) is 0 Å². The van der Waals surface area contributed by atoms with Gasteiger partial charge in [0.15, 0.2) is 12.4 Å². The lowest BCUT2D eigenvalue weighted by atomic mass is 9.91. The Morgan fingerprint density at radius 3 is 2.32 bits per heavy atom. The number of ether oxygens (including phenoxy) is 5. The van der Waals surface area contributed by atoms with Crippen molar-refractivity contribution in [1.29, 1.82) is 0 Å². The molecular formula is C39H54F3NO10. The molecule has 1 aliphatic carbocycles. The van der Waals surface area contributed by atoms with Gasteiger partial charge in [-0.3, -0.25) is 9.59 Å². The van der Waals surface area contributed by atoms with Gasteiger partial charge < -0.3 is 34.1 Å². The molecule has 0 saturated carbocycles. The van der Waals surface area contributed by atoms with Crippen LogP contribution < -0.4 is 5.32 Å². The molecule has 53 heavy (non-hydrogen) atoms. The van der Waals surface area contributed by atoms with Gasteiger partial charge in [0.1, 0.15) is 23.9 Å². The van der Waals surface area contributed by atoms with Crippen LogP contribution in [-0.4, -0.2) is 84.1 Å². The number of carbonyl (C=O) groups is 4. The summed E-state index contributed by atoms with van der Waals surface area (Å²) < 4.78 is 66.0. The molecule has 14 heteroatoms. The first-order chi connectivity index (χ1) is 25.0. The van der Waals surface area contributed by atoms with Crippen LogP contribution in [0.5, 0.6) is 0 Å². The first kappa shape index (κ1) is 43.7. The molecule has 0 radical (unpaired) electrons. The van der Waals surface area contributed by atoms with Crippen molar-refractivity contribution in [2.45, 2.75) is 147 Å². The molecule has 1 fully saturated rings. The van der Waals surface area contributed by atoms with Crippen molar-refractivity contribution in [2.75, 3.05) is 13.2 Å². The summed E-state index contributed by atoms with van der Waals surface area (Å²) in [6, 6.07) is 5.20. The van der Waals surface area contributed by atoms with Gasteiger partial charge in [0.05, 0.1) is 18.2 Å². The van der Waals surface area contributed by atoms with Crippen molar-refractivity contribution in [3.63, 3.8) is 0 Å². The summed E-state index contributed by atoms with van der Waals surface area (Å²) in [7, 11) is 0. The number of esters is 3. The van der Waals surface area contributed by atoms with E-state index in [1.54, 1.807) is 32.9 Å². The van der Waals surface area contributed by atoms with Gasteiger partial charge in [-0.05, 0) is 69.9 Å². The number of fused-ring (bicyclic) bond motifs is 1. The second-order valence-electron chi connectivity index (χ2n) is 14.5. The van der Waals surface area contributed by atoms with Crippen LogP contribution in [0, 0.1) is 0 Å². The van der Waals surface area contributed by atoms with Gasteiger partial charge in [0, 0.05) is 37.3 Å². The van der Waals surface area contributed by atoms with E-state index in [-0.39, 0.29) is 30.4 Å². The zero-order chi connectivity index (χ0) is 39.2. The normalized spacial score (nSPS) is 20.3. The van der Waals surface area contributed by atoms with Crippen molar-refractivity contribution >= 4 is 29.9 Å². The van der Waals surface area contributed by atoms with E-state index in [1.165, 1.54) is 24.3 Å². The number of nitrogens with one attached hydrogen (secondary N) is 1. The van der Waals surface area contributed by atoms with E-state index in [9.17, 15) is 37.5 Å². The topological polar surface area (TPSA) is 147 Å². The van der Waals surface area contributed by atoms with Crippen LogP contribution in [0.4, 0.5) is 13.2 Å². The van der Waals surface area contributed by atoms with Crippen LogP contribution in [0.15, 0.2) is 42.0 Å². The van der Waals surface area contributed by atoms with E-state index in [2.05, 4.69) is 23.9 Å². The van der Waals surface area contributed by atoms with E-state index in [1.807, 2.05) is 0 Å². The first-order valence-corrected chi connectivity index (χ1v) is 18.4. The Labute approximate surface area is 309 Å². The second kappa shape index (κ2) is 20.1. The number of carbonyl (C=O) groups excluding carboxylic acids is 4. The summed E-state index contributed by atoms with van der Waals surface area (Å²) in [5, 5.41) is 12.8. The highest BCUT2D eigenvalue weighted by molar-refractivity contribution is 5.94. The van der Waals surface area contributed by atoms with Crippen molar-refractivity contribution in [3.05, 3.63) is 53.1 Å². The van der Waals surface area contributed by atoms with E-state index in [4.69, 9.17) is 18.9 Å². The SMILES string of the molecule is CCCCCC1(CCCCC)OC2C=C(C(=O)NC(CO)CCC(=O)OC(C)(C)C)CC(OC(=O)c3cccc(C=CC(=O)OCC(F)(F)F)c3)C2O1. The summed E-state index contributed by atoms with van der Waals surface area (Å²) >= 11 is 0. The average molecular weight is 754 g/mol. The number of amides is 1. The lowest BCUT2D eigenvalue weighted by molar-refractivity contribution is -0.190. The Morgan fingerprint density at radius 2 is 1.72 bits per heavy atom. The van der Waals surface area contributed by atoms with Crippen molar-refractivity contribution in [2.24, 2.45) is 0 Å². The molecule has 4 atom stereocenters. The van der Waals surface area contributed by atoms with Gasteiger partial charge in [-0.2, -0.15) is 13.2 Å². The Hall–Kier alpha value is -3.75. The molecule has 1 aromatic rings. The van der Waals surface area contributed by atoms with Crippen molar-refractivity contribution in [1.82, 2.24) is 5.32 Å². The number of aliphatic hydroxyl groups excluding tert-OH is 1. The zero-order valence-electron chi connectivity index (χ0n) is 31.3. The summed E-state index contributed by atoms with van der Waals surface area (Å²) in [4.78, 5) is 51.3. The quantitative estimate of drug-likeness (QED) is 0.0662. The van der Waals surface area contributed by atoms with Gasteiger partial charge in [-0.25, -0.2) is 9.59 Å². The number of unbranched alkanes of at least 4 members (excludes halogenated alkanes) is 4. The summed E-state index contributed by atoms with van der Waals surface area (Å²) in [6.07, 6.45) is 3.58. The average Bonchev–Trinajstić information content (AvgIpc) is 3.46. The number of halogens is 3. The maximum Gasteiger partial charge on any atom is 0.422 e. The molecule has 1 amide bonds. The number of aliphatic hydroxyl groups is 1. The van der Waals surface area contributed by atoms with Crippen LogP contribution >= 0.6 is 0 Å². The van der Waals surface area contributed by atoms with Gasteiger partial charge >= 0.3 is 24.1 Å². The van der Waals surface area contributed by atoms with E-state index in [0.717, 1.165) is 44.6 Å². The predicted molar refractivity (Wildman–Crippen MR) is 189 cm³/mol. The fourth-order valence-electron chi connectivity index (χ4n) is 6.11. The molecule has 0 spiro atoms. The minimum atomic E-state index is -4.66. The fourth-order valence-corrected chi connectivity index (χ4v) is 6.11. The standard InChI is InChI=1S/C39H54F3NO10/c1-6-8-10-19-38(20-11-9-7-2)51-31-23-28(35(47)43-29(24-44)16-18-33(46)52-37(3,4)5)22-30(34(31)53-38)50-36(48)27-14-12-13-26(21-27)15-17-32(45)49-25-39(40,41)42/h12-15,17,21,23,29-31,34,44H,6-11,16,18-20,22,24-25H2,1-5H3,(H,43,47). The van der Waals surface area contributed by atoms with E-state index >= 15 is 0 Å². The molecule has 1 aliphatic heterocycles. The van der Waals surface area contributed by atoms with E-state index < -0.39 is 78.9 Å². The first-order valence-electron chi connectivity index (χ1n) is 18.4. The third kappa shape index (κ3) is 14.9. The van der Waals surface area contributed by atoms with Crippen LogP contribution in [-0.2, 0) is 38.1 Å². The van der Waals surface area contributed by atoms with Gasteiger partial charge in [-0.1, -0.05) is 51.7 Å². The number of rotatable bonds is 19. The Bertz CT molecular complexity index is 1440. The lowest BCUT2D eigenvalue weighted by Crippen LogP contribution is -2.45. The van der Waals surface area contributed by atoms with Crippen molar-refractivity contribution < 1.29 is 61.1 Å². The molecular weight excluding hydrogens is 699 g/mol. The summed E-state index contributed by atoms with van der Waals surface area (Å²) in [5.41, 5.74) is 0.00169. The second-order valence-corrected chi connectivity index (χ2v) is 14.5. The molecule has 2 N–H and O–H groups in total. The van der Waals surface area contributed by atoms with Crippen LogP contribution in [0.3, 0.4) is 0 Å². The summed E-state index contributed by atoms with van der Waals surface area (Å²) in [6.45, 7) is 7.29. The highest BCUT2D eigenvalue weighted by atomic mass is 19.4. The fraction of sp³-hybridized carbons (Fsp3) is 0.641. The smallest absolute Gasteiger partial charge is 0.422 e. The molecule has 3 rings (SSSR count). The summed E-state index contributed by atoms with van der Waals surface area (Å²) in [5.74, 6) is -3.88. The van der Waals surface area contributed by atoms with Crippen LogP contribution in [0.25, 0.3) is 6.08 Å². The maximum absolute atomic E-state index is 13.6. The predicted octanol–water partition coefficient (Wildman–Crippen LogP) is 6.90. The minimum absolute atomic E-state index is 0.0231. The zero-order valence-corrected chi connectivity index (χ0v) is 31.3. The minimum Gasteiger partial charge on any atom is -0.460 e. The third-order valence-electron chi connectivity index (χ3n) is 8.64. The van der Waals surface area contributed by atoms with Crippen molar-refractivity contribution in [3.8, 4) is 0 Å². The monoisotopic (exact) mass is 753 g/mol. The molecule has 2 aliphatic rings. The molecule has 0 aromatic heterocycles. The van der Waals surface area contributed by atoms with E-state index in [0.29, 0.717) is 18.4 Å². The third-order valence-corrected chi connectivity index (χ3v) is 8.64. The molecule has 296 valence electrons. The molecule has 4 unspecified atom stereocenters. The largest absolute Gasteiger partial charge is 0.460 e. The van der Waals surface area contributed by atoms with Gasteiger partial charge in [0.2, 0.25) is 5.91 Å². The molecule has 0 bridgehead atoms.